The van der Waals surface area contributed by atoms with Gasteiger partial charge in [0.05, 0.1) is 33.4 Å². The number of para-hydroxylation sites is 1. The first-order valence-electron chi connectivity index (χ1n) is 8.89. The number of pyridine rings is 1. The highest BCUT2D eigenvalue weighted by molar-refractivity contribution is 8.00. The van der Waals surface area contributed by atoms with Gasteiger partial charge in [-0.15, -0.1) is 0 Å². The minimum atomic E-state index is -0.572. The summed E-state index contributed by atoms with van der Waals surface area (Å²) in [6.07, 6.45) is 1.90. The fraction of sp³-hybridized carbons (Fsp3) is 0.143. The maximum Gasteiger partial charge on any atom is 0.237 e. The Balaban J connectivity index is 1.99. The quantitative estimate of drug-likeness (QED) is 0.528. The second-order valence-electron chi connectivity index (χ2n) is 6.11. The average molecular weight is 438 g/mol. The van der Waals surface area contributed by atoms with Crippen LogP contribution < -0.4 is 11.1 Å². The third-order valence-electron chi connectivity index (χ3n) is 4.23. The van der Waals surface area contributed by atoms with E-state index in [1.54, 1.807) is 36.4 Å². The van der Waals surface area contributed by atoms with E-state index in [4.69, 9.17) is 21.8 Å². The summed E-state index contributed by atoms with van der Waals surface area (Å²) in [5.41, 5.74) is 6.93. The number of anilines is 2. The summed E-state index contributed by atoms with van der Waals surface area (Å²) < 4.78 is 5.40. The Morgan fingerprint density at radius 1 is 1.27 bits per heavy atom. The lowest BCUT2D eigenvalue weighted by atomic mass is 10.0. The van der Waals surface area contributed by atoms with Crippen molar-refractivity contribution in [2.45, 2.75) is 23.6 Å². The fourth-order valence-corrected chi connectivity index (χ4v) is 3.99. The molecule has 1 unspecified atom stereocenters. The predicted molar refractivity (Wildman–Crippen MR) is 116 cm³/mol. The molecule has 9 heteroatoms. The van der Waals surface area contributed by atoms with E-state index in [1.807, 2.05) is 13.0 Å². The van der Waals surface area contributed by atoms with Gasteiger partial charge in [0.25, 0.3) is 0 Å². The second kappa shape index (κ2) is 9.36. The van der Waals surface area contributed by atoms with Crippen LogP contribution in [0.1, 0.15) is 24.5 Å². The molecule has 30 heavy (non-hydrogen) atoms. The second-order valence-corrected chi connectivity index (χ2v) is 7.71. The molecular weight excluding hydrogens is 422 g/mol. The van der Waals surface area contributed by atoms with Crippen LogP contribution in [0.3, 0.4) is 0 Å². The third-order valence-corrected chi connectivity index (χ3v) is 5.91. The number of nitrogens with zero attached hydrogens (tertiary/aromatic N) is 3. The lowest BCUT2D eigenvalue weighted by Crippen LogP contribution is -2.25. The van der Waals surface area contributed by atoms with Gasteiger partial charge in [-0.3, -0.25) is 4.79 Å². The number of nitrogens with one attached hydrogen (secondary N) is 1. The summed E-state index contributed by atoms with van der Waals surface area (Å²) in [5, 5.41) is 22.2. The molecule has 1 atom stereocenters. The van der Waals surface area contributed by atoms with Crippen LogP contribution in [0.5, 0.6) is 0 Å². The Bertz CT molecular complexity index is 1170. The lowest BCUT2D eigenvalue weighted by molar-refractivity contribution is -0.115. The molecule has 2 heterocycles. The van der Waals surface area contributed by atoms with Crippen LogP contribution in [0.25, 0.3) is 11.3 Å². The van der Waals surface area contributed by atoms with E-state index >= 15 is 0 Å². The molecule has 0 bridgehead atoms. The molecule has 1 aromatic carbocycles. The van der Waals surface area contributed by atoms with Gasteiger partial charge < -0.3 is 15.5 Å². The van der Waals surface area contributed by atoms with Crippen molar-refractivity contribution in [3.05, 3.63) is 58.8 Å². The van der Waals surface area contributed by atoms with Gasteiger partial charge in [-0.2, -0.15) is 10.5 Å². The number of rotatable bonds is 6. The Kier molecular flexibility index (Phi) is 6.63. The van der Waals surface area contributed by atoms with Crippen LogP contribution >= 0.6 is 23.4 Å². The molecule has 0 saturated heterocycles. The molecule has 3 rings (SSSR count). The molecule has 0 saturated carbocycles. The van der Waals surface area contributed by atoms with E-state index < -0.39 is 5.25 Å². The zero-order valence-electron chi connectivity index (χ0n) is 15.8. The average Bonchev–Trinajstić information content (AvgIpc) is 3.27. The van der Waals surface area contributed by atoms with Crippen LogP contribution in [-0.2, 0) is 4.79 Å². The van der Waals surface area contributed by atoms with Crippen molar-refractivity contribution in [1.29, 1.82) is 10.5 Å². The number of nitrogens with two attached hydrogens (primary N) is 1. The van der Waals surface area contributed by atoms with Crippen LogP contribution in [0, 0.1) is 22.7 Å². The number of hydrogen-bond donors (Lipinski definition) is 2. The highest BCUT2D eigenvalue weighted by atomic mass is 35.5. The van der Waals surface area contributed by atoms with E-state index in [0.717, 1.165) is 11.8 Å². The molecule has 7 nitrogen and oxygen atoms in total. The largest absolute Gasteiger partial charge is 0.464 e. The van der Waals surface area contributed by atoms with Gasteiger partial charge >= 0.3 is 0 Å². The van der Waals surface area contributed by atoms with Gasteiger partial charge in [-0.05, 0) is 30.7 Å². The molecule has 150 valence electrons. The predicted octanol–water partition coefficient (Wildman–Crippen LogP) is 4.83. The molecule has 2 aromatic heterocycles. The Morgan fingerprint density at radius 2 is 2.00 bits per heavy atom. The molecule has 0 aliphatic carbocycles. The van der Waals surface area contributed by atoms with Crippen molar-refractivity contribution < 1.29 is 9.21 Å². The van der Waals surface area contributed by atoms with E-state index in [9.17, 15) is 15.3 Å². The van der Waals surface area contributed by atoms with Crippen molar-refractivity contribution in [3.8, 4) is 23.5 Å². The Labute approximate surface area is 182 Å². The van der Waals surface area contributed by atoms with Gasteiger partial charge in [0.15, 0.2) is 0 Å². The van der Waals surface area contributed by atoms with E-state index in [0.29, 0.717) is 22.9 Å². The van der Waals surface area contributed by atoms with Gasteiger partial charge in [0.1, 0.15) is 34.3 Å². The van der Waals surface area contributed by atoms with Gasteiger partial charge in [0, 0.05) is 0 Å². The van der Waals surface area contributed by atoms with Gasteiger partial charge in [0.2, 0.25) is 5.91 Å². The zero-order valence-corrected chi connectivity index (χ0v) is 17.4. The highest BCUT2D eigenvalue weighted by Crippen LogP contribution is 2.38. The molecule has 3 N–H and O–H groups in total. The zero-order chi connectivity index (χ0) is 21.7. The van der Waals surface area contributed by atoms with Gasteiger partial charge in [-0.25, -0.2) is 4.98 Å². The number of furan rings is 1. The fourth-order valence-electron chi connectivity index (χ4n) is 2.78. The highest BCUT2D eigenvalue weighted by Gasteiger charge is 2.26. The summed E-state index contributed by atoms with van der Waals surface area (Å²) in [6, 6.07) is 14.2. The standard InChI is InChI=1S/C21H16ClN5O2S/c1-2-17(20(28)26-15-7-4-3-6-14(15)22)30-21-13(11-24)18(16-8-5-9-29-16)12(10-23)19(25)27-21/h3-9,17H,2H2,1H3,(H2,25,27)(H,26,28). The van der Waals surface area contributed by atoms with Crippen LogP contribution in [0.15, 0.2) is 52.1 Å². The number of amides is 1. The van der Waals surface area contributed by atoms with Gasteiger partial charge in [-0.1, -0.05) is 42.4 Å². The molecule has 3 aromatic rings. The number of aromatic nitrogens is 1. The molecule has 0 aliphatic heterocycles. The summed E-state index contributed by atoms with van der Waals surface area (Å²) in [4.78, 5) is 17.0. The van der Waals surface area contributed by atoms with Crippen molar-refractivity contribution >= 4 is 40.8 Å². The van der Waals surface area contributed by atoms with Crippen LogP contribution in [0.4, 0.5) is 11.5 Å². The molecule has 0 aliphatic rings. The number of nitriles is 2. The smallest absolute Gasteiger partial charge is 0.237 e. The Hall–Kier alpha value is -3.46. The minimum Gasteiger partial charge on any atom is -0.464 e. The first-order valence-corrected chi connectivity index (χ1v) is 10.2. The van der Waals surface area contributed by atoms with Crippen molar-refractivity contribution in [3.63, 3.8) is 0 Å². The molecule has 0 radical (unpaired) electrons. The monoisotopic (exact) mass is 437 g/mol. The number of thioether (sulfide) groups is 1. The molecule has 1 amide bonds. The molecule has 0 spiro atoms. The number of benzene rings is 1. The number of carbonyl (C=O) groups excluding carboxylic acids is 1. The topological polar surface area (TPSA) is 129 Å². The summed E-state index contributed by atoms with van der Waals surface area (Å²) in [7, 11) is 0. The first-order chi connectivity index (χ1) is 14.5. The van der Waals surface area contributed by atoms with Crippen molar-refractivity contribution in [2.75, 3.05) is 11.1 Å². The SMILES string of the molecule is CCC(Sc1nc(N)c(C#N)c(-c2ccco2)c1C#N)C(=O)Nc1ccccc1Cl. The summed E-state index contributed by atoms with van der Waals surface area (Å²) in [6.45, 7) is 1.84. The number of hydrogen-bond acceptors (Lipinski definition) is 7. The maximum atomic E-state index is 12.8. The summed E-state index contributed by atoms with van der Waals surface area (Å²) >= 11 is 7.22. The maximum absolute atomic E-state index is 12.8. The normalized spacial score (nSPS) is 11.3. The van der Waals surface area contributed by atoms with E-state index in [2.05, 4.69) is 16.4 Å². The van der Waals surface area contributed by atoms with E-state index in [1.165, 1.54) is 6.26 Å². The van der Waals surface area contributed by atoms with Crippen molar-refractivity contribution in [2.24, 2.45) is 0 Å². The minimum absolute atomic E-state index is 0.0354. The number of halogens is 1. The van der Waals surface area contributed by atoms with Crippen molar-refractivity contribution in [1.82, 2.24) is 4.98 Å². The lowest BCUT2D eigenvalue weighted by Gasteiger charge is -2.17. The first kappa shape index (κ1) is 21.3. The number of nitrogen functional groups attached to an aromatic ring is 1. The Morgan fingerprint density at radius 3 is 2.60 bits per heavy atom. The van der Waals surface area contributed by atoms with Crippen LogP contribution in [0.2, 0.25) is 5.02 Å². The number of carbonyl (C=O) groups is 1. The molecular formula is C21H16ClN5O2S. The molecule has 0 fully saturated rings. The third kappa shape index (κ3) is 4.25. The van der Waals surface area contributed by atoms with E-state index in [-0.39, 0.29) is 33.4 Å². The summed E-state index contributed by atoms with van der Waals surface area (Å²) in [5.74, 6) is 0.00292. The van der Waals surface area contributed by atoms with Crippen LogP contribution in [-0.4, -0.2) is 16.1 Å².